The zero-order valence-corrected chi connectivity index (χ0v) is 11.6. The van der Waals surface area contributed by atoms with Crippen molar-refractivity contribution in [1.29, 1.82) is 0 Å². The minimum Gasteiger partial charge on any atom is -0.444 e. The van der Waals surface area contributed by atoms with E-state index in [1.165, 1.54) is 0 Å². The molecule has 0 aliphatic carbocycles. The predicted octanol–water partition coefficient (Wildman–Crippen LogP) is 2.30. The number of alkyl halides is 1. The Labute approximate surface area is 107 Å². The molecule has 0 aromatic heterocycles. The number of halogens is 1. The first kappa shape index (κ1) is 14.3. The lowest BCUT2D eigenvalue weighted by Gasteiger charge is -2.24. The fourth-order valence-electron chi connectivity index (χ4n) is 1.96. The van der Waals surface area contributed by atoms with Crippen LogP contribution in [0.25, 0.3) is 0 Å². The molecule has 1 aliphatic rings. The summed E-state index contributed by atoms with van der Waals surface area (Å²) in [6.07, 6.45) is -0.353. The van der Waals surface area contributed by atoms with Gasteiger partial charge in [-0.1, -0.05) is 6.92 Å². The third-order valence-corrected chi connectivity index (χ3v) is 3.07. The van der Waals surface area contributed by atoms with Crippen molar-refractivity contribution in [2.45, 2.75) is 33.3 Å². The summed E-state index contributed by atoms with van der Waals surface area (Å²) in [4.78, 5) is 25.0. The highest BCUT2D eigenvalue weighted by atomic mass is 35.5. The van der Waals surface area contributed by atoms with Crippen molar-refractivity contribution in [2.24, 2.45) is 11.8 Å². The number of carbonyl (C=O) groups excluding carboxylic acids is 2. The Morgan fingerprint density at radius 3 is 2.41 bits per heavy atom. The first-order chi connectivity index (χ1) is 7.74. The van der Waals surface area contributed by atoms with Gasteiger partial charge >= 0.3 is 6.09 Å². The zero-order valence-electron chi connectivity index (χ0n) is 10.8. The van der Waals surface area contributed by atoms with Crippen molar-refractivity contribution in [2.75, 3.05) is 19.0 Å². The summed E-state index contributed by atoms with van der Waals surface area (Å²) in [6, 6.07) is 0. The number of amides is 1. The Morgan fingerprint density at radius 1 is 1.35 bits per heavy atom. The van der Waals surface area contributed by atoms with E-state index in [2.05, 4.69) is 0 Å². The fourth-order valence-corrected chi connectivity index (χ4v) is 2.16. The highest BCUT2D eigenvalue weighted by Gasteiger charge is 2.37. The molecule has 5 heteroatoms. The first-order valence-corrected chi connectivity index (χ1v) is 6.34. The van der Waals surface area contributed by atoms with Gasteiger partial charge in [-0.3, -0.25) is 4.79 Å². The molecule has 1 saturated heterocycles. The summed E-state index contributed by atoms with van der Waals surface area (Å²) in [5.41, 5.74) is -0.505. The van der Waals surface area contributed by atoms with E-state index in [-0.39, 0.29) is 29.6 Å². The van der Waals surface area contributed by atoms with Gasteiger partial charge in [-0.15, -0.1) is 11.6 Å². The Bertz CT molecular complexity index is 311. The smallest absolute Gasteiger partial charge is 0.410 e. The van der Waals surface area contributed by atoms with Crippen LogP contribution in [-0.2, 0) is 9.53 Å². The number of Topliss-reactive ketones (excluding diaryl/α,β-unsaturated/α-hetero) is 1. The average molecular weight is 262 g/mol. The molecule has 0 N–H and O–H groups in total. The van der Waals surface area contributed by atoms with Crippen LogP contribution in [0.4, 0.5) is 4.79 Å². The zero-order chi connectivity index (χ0) is 13.2. The second-order valence-electron chi connectivity index (χ2n) is 5.57. The van der Waals surface area contributed by atoms with Gasteiger partial charge in [0.25, 0.3) is 0 Å². The summed E-state index contributed by atoms with van der Waals surface area (Å²) in [7, 11) is 0. The Kier molecular flexibility index (Phi) is 4.42. The van der Waals surface area contributed by atoms with Crippen molar-refractivity contribution in [3.63, 3.8) is 0 Å². The van der Waals surface area contributed by atoms with E-state index in [1.807, 2.05) is 27.7 Å². The van der Waals surface area contributed by atoms with E-state index in [4.69, 9.17) is 16.3 Å². The van der Waals surface area contributed by atoms with E-state index >= 15 is 0 Å². The number of hydrogen-bond donors (Lipinski definition) is 0. The number of likely N-dealkylation sites (tertiary alicyclic amines) is 1. The van der Waals surface area contributed by atoms with Crippen molar-refractivity contribution < 1.29 is 14.3 Å². The summed E-state index contributed by atoms with van der Waals surface area (Å²) < 4.78 is 5.27. The maximum Gasteiger partial charge on any atom is 0.410 e. The van der Waals surface area contributed by atoms with Crippen molar-refractivity contribution in [3.8, 4) is 0 Å². The van der Waals surface area contributed by atoms with Crippen LogP contribution in [0, 0.1) is 11.8 Å². The lowest BCUT2D eigenvalue weighted by molar-refractivity contribution is -0.120. The van der Waals surface area contributed by atoms with Crippen molar-refractivity contribution in [3.05, 3.63) is 0 Å². The number of nitrogens with zero attached hydrogens (tertiary/aromatic N) is 1. The normalized spacial score (nSPS) is 24.9. The molecule has 0 bridgehead atoms. The molecule has 0 aromatic rings. The second-order valence-corrected chi connectivity index (χ2v) is 5.84. The molecule has 98 valence electrons. The SMILES string of the molecule is CC1CN(C(=O)OC(C)(C)C)C[C@H]1C(=O)CCl. The van der Waals surface area contributed by atoms with Crippen LogP contribution in [0.3, 0.4) is 0 Å². The molecule has 1 aliphatic heterocycles. The molecule has 1 amide bonds. The van der Waals surface area contributed by atoms with Crippen LogP contribution in [0.1, 0.15) is 27.7 Å². The largest absolute Gasteiger partial charge is 0.444 e. The first-order valence-electron chi connectivity index (χ1n) is 5.81. The van der Waals surface area contributed by atoms with Crippen LogP contribution < -0.4 is 0 Å². The van der Waals surface area contributed by atoms with Gasteiger partial charge < -0.3 is 9.64 Å². The number of carbonyl (C=O) groups is 2. The van der Waals surface area contributed by atoms with E-state index in [9.17, 15) is 9.59 Å². The minimum atomic E-state index is -0.505. The van der Waals surface area contributed by atoms with Gasteiger partial charge in [0.15, 0.2) is 5.78 Å². The molecule has 1 rings (SSSR count). The summed E-state index contributed by atoms with van der Waals surface area (Å²) in [5, 5.41) is 0. The van der Waals surface area contributed by atoms with Gasteiger partial charge in [0.05, 0.1) is 5.88 Å². The number of rotatable bonds is 2. The lowest BCUT2D eigenvalue weighted by atomic mass is 9.95. The third-order valence-electron chi connectivity index (χ3n) is 2.81. The molecular formula is C12H20ClNO3. The molecule has 1 heterocycles. The molecule has 0 spiro atoms. The molecule has 2 atom stereocenters. The molecule has 0 aromatic carbocycles. The molecule has 4 nitrogen and oxygen atoms in total. The van der Waals surface area contributed by atoms with Crippen molar-refractivity contribution in [1.82, 2.24) is 4.90 Å². The molecule has 0 saturated carbocycles. The van der Waals surface area contributed by atoms with Gasteiger partial charge in [0.2, 0.25) is 0 Å². The number of ether oxygens (including phenoxy) is 1. The fraction of sp³-hybridized carbons (Fsp3) is 0.833. The number of ketones is 1. The standard InChI is InChI=1S/C12H20ClNO3/c1-8-6-14(7-9(8)10(15)5-13)11(16)17-12(2,3)4/h8-9H,5-7H2,1-4H3/t8?,9-/m1/s1. The minimum absolute atomic E-state index is 0.00484. The Balaban J connectivity index is 2.60. The monoisotopic (exact) mass is 261 g/mol. The summed E-state index contributed by atoms with van der Waals surface area (Å²) in [5.74, 6) is 0.0102. The highest BCUT2D eigenvalue weighted by Crippen LogP contribution is 2.25. The molecular weight excluding hydrogens is 242 g/mol. The highest BCUT2D eigenvalue weighted by molar-refractivity contribution is 6.28. The topological polar surface area (TPSA) is 46.6 Å². The van der Waals surface area contributed by atoms with Gasteiger partial charge in [-0.2, -0.15) is 0 Å². The van der Waals surface area contributed by atoms with Gasteiger partial charge in [0.1, 0.15) is 5.60 Å². The quantitative estimate of drug-likeness (QED) is 0.717. The van der Waals surface area contributed by atoms with E-state index in [0.29, 0.717) is 13.1 Å². The van der Waals surface area contributed by atoms with Crippen LogP contribution in [0.15, 0.2) is 0 Å². The Hall–Kier alpha value is -0.770. The van der Waals surface area contributed by atoms with Crippen LogP contribution in [0.2, 0.25) is 0 Å². The Morgan fingerprint density at radius 2 is 1.94 bits per heavy atom. The van der Waals surface area contributed by atoms with E-state index < -0.39 is 5.60 Å². The number of hydrogen-bond acceptors (Lipinski definition) is 3. The molecule has 1 fully saturated rings. The molecule has 0 radical (unpaired) electrons. The predicted molar refractivity (Wildman–Crippen MR) is 66.2 cm³/mol. The van der Waals surface area contributed by atoms with Gasteiger partial charge in [-0.25, -0.2) is 4.79 Å². The third kappa shape index (κ3) is 3.87. The maximum atomic E-state index is 11.8. The van der Waals surface area contributed by atoms with E-state index in [1.54, 1.807) is 4.90 Å². The molecule has 1 unspecified atom stereocenters. The van der Waals surface area contributed by atoms with Crippen LogP contribution in [0.5, 0.6) is 0 Å². The summed E-state index contributed by atoms with van der Waals surface area (Å²) in [6.45, 7) is 8.41. The van der Waals surface area contributed by atoms with Gasteiger partial charge in [0, 0.05) is 19.0 Å². The maximum absolute atomic E-state index is 11.8. The second kappa shape index (κ2) is 5.25. The average Bonchev–Trinajstić information content (AvgIpc) is 2.57. The van der Waals surface area contributed by atoms with Gasteiger partial charge in [-0.05, 0) is 26.7 Å². The molecule has 17 heavy (non-hydrogen) atoms. The lowest BCUT2D eigenvalue weighted by Crippen LogP contribution is -2.36. The summed E-state index contributed by atoms with van der Waals surface area (Å²) >= 11 is 5.55. The van der Waals surface area contributed by atoms with Crippen molar-refractivity contribution >= 4 is 23.5 Å². The van der Waals surface area contributed by atoms with Crippen LogP contribution in [-0.4, -0.2) is 41.3 Å². The van der Waals surface area contributed by atoms with Crippen LogP contribution >= 0.6 is 11.6 Å². The van der Waals surface area contributed by atoms with E-state index in [0.717, 1.165) is 0 Å².